The van der Waals surface area contributed by atoms with Gasteiger partial charge in [0, 0.05) is 41.3 Å². The number of H-pyrrole nitrogens is 1. The number of aromatic nitrogens is 3. The average Bonchev–Trinajstić information content (AvgIpc) is 3.17. The Morgan fingerprint density at radius 2 is 2.10 bits per heavy atom. The zero-order chi connectivity index (χ0) is 13.4. The van der Waals surface area contributed by atoms with E-state index in [-0.39, 0.29) is 0 Å². The van der Waals surface area contributed by atoms with Crippen molar-refractivity contribution in [2.24, 2.45) is 0 Å². The maximum Gasteiger partial charge on any atom is 0.133 e. The predicted molar refractivity (Wildman–Crippen MR) is 79.6 cm³/mol. The molecule has 0 bridgehead atoms. The van der Waals surface area contributed by atoms with Gasteiger partial charge in [-0.15, -0.1) is 0 Å². The van der Waals surface area contributed by atoms with E-state index >= 15 is 0 Å². The molecule has 1 aromatic carbocycles. The molecule has 4 heteroatoms. The van der Waals surface area contributed by atoms with Gasteiger partial charge in [-0.3, -0.25) is 0 Å². The molecule has 1 saturated heterocycles. The van der Waals surface area contributed by atoms with Crippen LogP contribution in [0.25, 0.3) is 22.2 Å². The molecule has 4 rings (SSSR count). The van der Waals surface area contributed by atoms with Crippen LogP contribution in [0.3, 0.4) is 0 Å². The summed E-state index contributed by atoms with van der Waals surface area (Å²) in [5, 5.41) is 4.58. The molecule has 1 aliphatic rings. The molecule has 0 radical (unpaired) electrons. The Labute approximate surface area is 117 Å². The lowest BCUT2D eigenvalue weighted by Crippen LogP contribution is -2.10. The minimum atomic E-state index is 0.445. The van der Waals surface area contributed by atoms with E-state index in [0.29, 0.717) is 5.92 Å². The van der Waals surface area contributed by atoms with Crippen LogP contribution in [0.5, 0.6) is 0 Å². The van der Waals surface area contributed by atoms with Crippen molar-refractivity contribution in [3.05, 3.63) is 48.5 Å². The molecule has 0 spiro atoms. The zero-order valence-electron chi connectivity index (χ0n) is 11.1. The van der Waals surface area contributed by atoms with Crippen molar-refractivity contribution in [3.8, 4) is 11.3 Å². The van der Waals surface area contributed by atoms with E-state index in [1.807, 2.05) is 24.5 Å². The van der Waals surface area contributed by atoms with Crippen molar-refractivity contribution in [2.45, 2.75) is 12.3 Å². The Morgan fingerprint density at radius 1 is 1.15 bits per heavy atom. The second-order valence-electron chi connectivity index (χ2n) is 5.24. The average molecular weight is 264 g/mol. The fourth-order valence-electron chi connectivity index (χ4n) is 2.88. The minimum Gasteiger partial charge on any atom is -0.360 e. The van der Waals surface area contributed by atoms with Gasteiger partial charge in [-0.25, -0.2) is 9.97 Å². The Hall–Kier alpha value is -2.20. The molecule has 2 aromatic heterocycles. The molecule has 1 atom stereocenters. The molecule has 1 fully saturated rings. The van der Waals surface area contributed by atoms with Gasteiger partial charge in [0.25, 0.3) is 0 Å². The first-order valence-corrected chi connectivity index (χ1v) is 7.02. The van der Waals surface area contributed by atoms with Crippen molar-refractivity contribution in [1.82, 2.24) is 20.3 Å². The van der Waals surface area contributed by atoms with Gasteiger partial charge in [0.1, 0.15) is 5.82 Å². The van der Waals surface area contributed by atoms with E-state index < -0.39 is 0 Å². The second-order valence-corrected chi connectivity index (χ2v) is 5.24. The Balaban J connectivity index is 1.80. The summed E-state index contributed by atoms with van der Waals surface area (Å²) in [5.74, 6) is 1.40. The third-order valence-electron chi connectivity index (χ3n) is 3.96. The highest BCUT2D eigenvalue weighted by Gasteiger charge is 2.20. The van der Waals surface area contributed by atoms with Crippen LogP contribution in [-0.4, -0.2) is 28.0 Å². The molecule has 2 N–H and O–H groups in total. The summed E-state index contributed by atoms with van der Waals surface area (Å²) in [7, 11) is 0. The fraction of sp³-hybridized carbons (Fsp3) is 0.250. The summed E-state index contributed by atoms with van der Waals surface area (Å²) in [6, 6.07) is 10.3. The first-order chi connectivity index (χ1) is 9.92. The van der Waals surface area contributed by atoms with E-state index in [1.54, 1.807) is 0 Å². The van der Waals surface area contributed by atoms with Gasteiger partial charge in [-0.1, -0.05) is 18.2 Å². The number of nitrogens with one attached hydrogen (secondary N) is 2. The SMILES string of the molecule is c1ccc2c(-c3ccnc(C4CCNC4)n3)c[nH]c2c1. The van der Waals surface area contributed by atoms with E-state index in [2.05, 4.69) is 33.5 Å². The third-order valence-corrected chi connectivity index (χ3v) is 3.96. The number of hydrogen-bond donors (Lipinski definition) is 2. The molecule has 0 saturated carbocycles. The van der Waals surface area contributed by atoms with E-state index in [9.17, 15) is 0 Å². The molecule has 3 aromatic rings. The number of aromatic amines is 1. The number of hydrogen-bond acceptors (Lipinski definition) is 3. The molecular formula is C16H16N4. The zero-order valence-corrected chi connectivity index (χ0v) is 11.1. The van der Waals surface area contributed by atoms with Gasteiger partial charge >= 0.3 is 0 Å². The van der Waals surface area contributed by atoms with Crippen molar-refractivity contribution in [1.29, 1.82) is 0 Å². The number of fused-ring (bicyclic) bond motifs is 1. The van der Waals surface area contributed by atoms with E-state index in [4.69, 9.17) is 4.98 Å². The largest absolute Gasteiger partial charge is 0.360 e. The van der Waals surface area contributed by atoms with Crippen LogP contribution in [0.15, 0.2) is 42.7 Å². The predicted octanol–water partition coefficient (Wildman–Crippen LogP) is 2.70. The minimum absolute atomic E-state index is 0.445. The van der Waals surface area contributed by atoms with Gasteiger partial charge in [0.15, 0.2) is 0 Å². The van der Waals surface area contributed by atoms with Crippen LogP contribution < -0.4 is 5.32 Å². The lowest BCUT2D eigenvalue weighted by atomic mass is 10.1. The number of benzene rings is 1. The highest BCUT2D eigenvalue weighted by Crippen LogP contribution is 2.28. The Bertz CT molecular complexity index is 741. The van der Waals surface area contributed by atoms with Crippen molar-refractivity contribution < 1.29 is 0 Å². The highest BCUT2D eigenvalue weighted by molar-refractivity contribution is 5.94. The van der Waals surface area contributed by atoms with Crippen molar-refractivity contribution in [3.63, 3.8) is 0 Å². The molecule has 0 amide bonds. The molecule has 100 valence electrons. The first kappa shape index (κ1) is 11.6. The standard InChI is InChI=1S/C16H16N4/c1-2-4-14-12(3-1)13(10-19-14)15-6-8-18-16(20-15)11-5-7-17-9-11/h1-4,6,8,10-11,17,19H,5,7,9H2. The quantitative estimate of drug-likeness (QED) is 0.748. The van der Waals surface area contributed by atoms with Crippen molar-refractivity contribution >= 4 is 10.9 Å². The van der Waals surface area contributed by atoms with Gasteiger partial charge < -0.3 is 10.3 Å². The summed E-state index contributed by atoms with van der Waals surface area (Å²) in [6.45, 7) is 2.04. The lowest BCUT2D eigenvalue weighted by Gasteiger charge is -2.08. The Kier molecular flexibility index (Phi) is 2.74. The molecule has 4 nitrogen and oxygen atoms in total. The van der Waals surface area contributed by atoms with Gasteiger partial charge in [0.05, 0.1) is 5.69 Å². The summed E-state index contributed by atoms with van der Waals surface area (Å²) in [5.41, 5.74) is 3.29. The van der Waals surface area contributed by atoms with E-state index in [0.717, 1.165) is 42.1 Å². The fourth-order valence-corrected chi connectivity index (χ4v) is 2.88. The molecule has 1 aliphatic heterocycles. The smallest absolute Gasteiger partial charge is 0.133 e. The lowest BCUT2D eigenvalue weighted by molar-refractivity contribution is 0.703. The summed E-state index contributed by atoms with van der Waals surface area (Å²) in [6.07, 6.45) is 5.03. The molecule has 0 aliphatic carbocycles. The number of nitrogens with zero attached hydrogens (tertiary/aromatic N) is 2. The van der Waals surface area contributed by atoms with E-state index in [1.165, 1.54) is 5.39 Å². The number of para-hydroxylation sites is 1. The molecular weight excluding hydrogens is 248 g/mol. The maximum absolute atomic E-state index is 4.78. The number of rotatable bonds is 2. The molecule has 3 heterocycles. The monoisotopic (exact) mass is 264 g/mol. The van der Waals surface area contributed by atoms with Crippen LogP contribution >= 0.6 is 0 Å². The second kappa shape index (κ2) is 4.72. The first-order valence-electron chi connectivity index (χ1n) is 7.02. The van der Waals surface area contributed by atoms with Gasteiger partial charge in [-0.05, 0) is 25.1 Å². The summed E-state index contributed by atoms with van der Waals surface area (Å²) < 4.78 is 0. The normalized spacial score (nSPS) is 18.7. The highest BCUT2D eigenvalue weighted by atomic mass is 15.0. The topological polar surface area (TPSA) is 53.6 Å². The maximum atomic E-state index is 4.78. The van der Waals surface area contributed by atoms with Crippen molar-refractivity contribution in [2.75, 3.05) is 13.1 Å². The summed E-state index contributed by atoms with van der Waals surface area (Å²) >= 11 is 0. The molecule has 20 heavy (non-hydrogen) atoms. The van der Waals surface area contributed by atoms with Crippen LogP contribution in [0, 0.1) is 0 Å². The van der Waals surface area contributed by atoms with Crippen LogP contribution in [-0.2, 0) is 0 Å². The van der Waals surface area contributed by atoms with Crippen LogP contribution in [0.4, 0.5) is 0 Å². The van der Waals surface area contributed by atoms with Crippen LogP contribution in [0.2, 0.25) is 0 Å². The van der Waals surface area contributed by atoms with Gasteiger partial charge in [-0.2, -0.15) is 0 Å². The third kappa shape index (κ3) is 1.89. The Morgan fingerprint density at radius 3 is 3.00 bits per heavy atom. The van der Waals surface area contributed by atoms with Gasteiger partial charge in [0.2, 0.25) is 0 Å². The molecule has 1 unspecified atom stereocenters. The van der Waals surface area contributed by atoms with Crippen LogP contribution in [0.1, 0.15) is 18.2 Å². The summed E-state index contributed by atoms with van der Waals surface area (Å²) in [4.78, 5) is 12.5.